The molecule has 0 spiro atoms. The Morgan fingerprint density at radius 2 is 1.55 bits per heavy atom. The zero-order valence-corrected chi connectivity index (χ0v) is 11.8. The Balaban J connectivity index is 2.37. The van der Waals surface area contributed by atoms with Gasteiger partial charge in [-0.15, -0.1) is 0 Å². The lowest BCUT2D eigenvalue weighted by atomic mass is 9.86. The van der Waals surface area contributed by atoms with Crippen molar-refractivity contribution in [3.8, 4) is 11.5 Å². The van der Waals surface area contributed by atoms with E-state index in [4.69, 9.17) is 0 Å². The van der Waals surface area contributed by atoms with E-state index < -0.39 is 0 Å². The van der Waals surface area contributed by atoms with Gasteiger partial charge in [-0.1, -0.05) is 45.0 Å². The average molecular weight is 270 g/mol. The van der Waals surface area contributed by atoms with Gasteiger partial charge in [-0.05, 0) is 29.2 Å². The summed E-state index contributed by atoms with van der Waals surface area (Å²) in [4.78, 5) is 12.3. The highest BCUT2D eigenvalue weighted by atomic mass is 16.3. The van der Waals surface area contributed by atoms with Crippen molar-refractivity contribution < 1.29 is 15.0 Å². The summed E-state index contributed by atoms with van der Waals surface area (Å²) < 4.78 is 0. The minimum atomic E-state index is -0.307. The maximum absolute atomic E-state index is 12.3. The number of hydrogen-bond acceptors (Lipinski definition) is 3. The Morgan fingerprint density at radius 3 is 2.10 bits per heavy atom. The van der Waals surface area contributed by atoms with Gasteiger partial charge in [-0.2, -0.15) is 0 Å². The Morgan fingerprint density at radius 1 is 0.950 bits per heavy atom. The third kappa shape index (κ3) is 2.82. The zero-order valence-electron chi connectivity index (χ0n) is 11.8. The van der Waals surface area contributed by atoms with Gasteiger partial charge < -0.3 is 10.2 Å². The molecule has 2 aromatic carbocycles. The van der Waals surface area contributed by atoms with Gasteiger partial charge in [0.1, 0.15) is 11.5 Å². The molecule has 0 saturated heterocycles. The van der Waals surface area contributed by atoms with Gasteiger partial charge in [0, 0.05) is 5.56 Å². The number of phenolic OH excluding ortho intramolecular Hbond substituents is 2. The molecule has 0 atom stereocenters. The average Bonchev–Trinajstić information content (AvgIpc) is 2.40. The van der Waals surface area contributed by atoms with E-state index in [0.29, 0.717) is 5.56 Å². The van der Waals surface area contributed by atoms with Gasteiger partial charge in [0.05, 0.1) is 5.56 Å². The summed E-state index contributed by atoms with van der Waals surface area (Å²) in [7, 11) is 0. The van der Waals surface area contributed by atoms with E-state index in [0.717, 1.165) is 5.56 Å². The Bertz CT molecular complexity index is 634. The normalized spacial score (nSPS) is 11.3. The fraction of sp³-hybridized carbons (Fsp3) is 0.235. The van der Waals surface area contributed by atoms with Crippen molar-refractivity contribution in [3.63, 3.8) is 0 Å². The minimum Gasteiger partial charge on any atom is -0.508 e. The number of phenols is 2. The highest BCUT2D eigenvalue weighted by Gasteiger charge is 2.17. The molecule has 0 aliphatic heterocycles. The van der Waals surface area contributed by atoms with Crippen molar-refractivity contribution in [2.45, 2.75) is 26.2 Å². The first-order valence-corrected chi connectivity index (χ1v) is 6.46. The van der Waals surface area contributed by atoms with Crippen molar-refractivity contribution in [1.82, 2.24) is 0 Å². The highest BCUT2D eigenvalue weighted by Crippen LogP contribution is 2.26. The number of ketones is 1. The first-order chi connectivity index (χ1) is 9.29. The molecule has 0 aliphatic carbocycles. The largest absolute Gasteiger partial charge is 0.508 e. The van der Waals surface area contributed by atoms with Crippen LogP contribution >= 0.6 is 0 Å². The van der Waals surface area contributed by atoms with Gasteiger partial charge in [0.25, 0.3) is 0 Å². The number of carbonyl (C=O) groups is 1. The second-order valence-electron chi connectivity index (χ2n) is 5.86. The molecule has 104 valence electrons. The summed E-state index contributed by atoms with van der Waals surface area (Å²) in [6.45, 7) is 6.31. The summed E-state index contributed by atoms with van der Waals surface area (Å²) >= 11 is 0. The first kappa shape index (κ1) is 14.1. The summed E-state index contributed by atoms with van der Waals surface area (Å²) in [5.41, 5.74) is 1.75. The van der Waals surface area contributed by atoms with Crippen LogP contribution in [0.1, 0.15) is 42.3 Å². The topological polar surface area (TPSA) is 57.5 Å². The molecule has 0 aliphatic rings. The number of aromatic hydroxyl groups is 2. The van der Waals surface area contributed by atoms with E-state index in [2.05, 4.69) is 20.8 Å². The smallest absolute Gasteiger partial charge is 0.196 e. The quantitative estimate of drug-likeness (QED) is 0.647. The van der Waals surface area contributed by atoms with E-state index in [1.165, 1.54) is 18.2 Å². The van der Waals surface area contributed by atoms with Crippen molar-refractivity contribution in [1.29, 1.82) is 0 Å². The van der Waals surface area contributed by atoms with Gasteiger partial charge in [-0.25, -0.2) is 0 Å². The molecule has 0 bridgehead atoms. The molecule has 0 radical (unpaired) electrons. The van der Waals surface area contributed by atoms with Crippen molar-refractivity contribution in [3.05, 3.63) is 59.2 Å². The highest BCUT2D eigenvalue weighted by molar-refractivity contribution is 6.10. The maximum Gasteiger partial charge on any atom is 0.196 e. The molecule has 2 N–H and O–H groups in total. The van der Waals surface area contributed by atoms with Crippen LogP contribution in [0.4, 0.5) is 0 Å². The van der Waals surface area contributed by atoms with Crippen LogP contribution in [0.5, 0.6) is 11.5 Å². The summed E-state index contributed by atoms with van der Waals surface area (Å²) in [6, 6.07) is 11.2. The van der Waals surface area contributed by atoms with Crippen LogP contribution < -0.4 is 0 Å². The lowest BCUT2D eigenvalue weighted by Crippen LogP contribution is -2.11. The predicted molar refractivity (Wildman–Crippen MR) is 78.3 cm³/mol. The summed E-state index contributed by atoms with van der Waals surface area (Å²) in [5, 5.41) is 19.1. The molecule has 3 heteroatoms. The summed E-state index contributed by atoms with van der Waals surface area (Å²) in [6.07, 6.45) is 0. The Labute approximate surface area is 118 Å². The lowest BCUT2D eigenvalue weighted by molar-refractivity contribution is 0.103. The monoisotopic (exact) mass is 270 g/mol. The van der Waals surface area contributed by atoms with E-state index >= 15 is 0 Å². The van der Waals surface area contributed by atoms with E-state index in [9.17, 15) is 15.0 Å². The second kappa shape index (κ2) is 5.00. The number of benzene rings is 2. The zero-order chi connectivity index (χ0) is 14.9. The van der Waals surface area contributed by atoms with Gasteiger partial charge in [-0.3, -0.25) is 4.79 Å². The SMILES string of the molecule is CC(C)(C)c1ccc(C(=O)c2cc(O)ccc2O)cc1. The standard InChI is InChI=1S/C17H18O3/c1-17(2,3)12-6-4-11(5-7-12)16(20)14-10-13(18)8-9-15(14)19/h4-10,18-19H,1-3H3. The summed E-state index contributed by atoms with van der Waals surface area (Å²) in [5.74, 6) is -0.482. The van der Waals surface area contributed by atoms with Crippen molar-refractivity contribution in [2.24, 2.45) is 0 Å². The third-order valence-electron chi connectivity index (χ3n) is 3.24. The van der Waals surface area contributed by atoms with Crippen LogP contribution in [-0.2, 0) is 5.41 Å². The molecule has 0 aromatic heterocycles. The van der Waals surface area contributed by atoms with Crippen LogP contribution in [0.25, 0.3) is 0 Å². The van der Waals surface area contributed by atoms with E-state index in [-0.39, 0.29) is 28.3 Å². The predicted octanol–water partition coefficient (Wildman–Crippen LogP) is 3.63. The van der Waals surface area contributed by atoms with E-state index in [1.54, 1.807) is 12.1 Å². The molecule has 20 heavy (non-hydrogen) atoms. The van der Waals surface area contributed by atoms with Gasteiger partial charge in [0.15, 0.2) is 5.78 Å². The molecular weight excluding hydrogens is 252 g/mol. The third-order valence-corrected chi connectivity index (χ3v) is 3.24. The Kier molecular flexibility index (Phi) is 3.53. The molecular formula is C17H18O3. The lowest BCUT2D eigenvalue weighted by Gasteiger charge is -2.19. The van der Waals surface area contributed by atoms with Crippen LogP contribution in [-0.4, -0.2) is 16.0 Å². The molecule has 0 amide bonds. The molecule has 2 aromatic rings. The van der Waals surface area contributed by atoms with E-state index in [1.807, 2.05) is 12.1 Å². The van der Waals surface area contributed by atoms with Crippen molar-refractivity contribution >= 4 is 5.78 Å². The minimum absolute atomic E-state index is 0.0226. The first-order valence-electron chi connectivity index (χ1n) is 6.46. The van der Waals surface area contributed by atoms with Crippen LogP contribution in [0.2, 0.25) is 0 Å². The van der Waals surface area contributed by atoms with Gasteiger partial charge >= 0.3 is 0 Å². The molecule has 2 rings (SSSR count). The number of hydrogen-bond donors (Lipinski definition) is 2. The molecule has 3 nitrogen and oxygen atoms in total. The van der Waals surface area contributed by atoms with Crippen LogP contribution in [0, 0.1) is 0 Å². The van der Waals surface area contributed by atoms with Gasteiger partial charge in [0.2, 0.25) is 0 Å². The van der Waals surface area contributed by atoms with Crippen LogP contribution in [0.3, 0.4) is 0 Å². The molecule has 0 unspecified atom stereocenters. The molecule has 0 heterocycles. The second-order valence-corrected chi connectivity index (χ2v) is 5.86. The fourth-order valence-electron chi connectivity index (χ4n) is 1.98. The maximum atomic E-state index is 12.3. The fourth-order valence-corrected chi connectivity index (χ4v) is 1.98. The van der Waals surface area contributed by atoms with Crippen molar-refractivity contribution in [2.75, 3.05) is 0 Å². The Hall–Kier alpha value is -2.29. The van der Waals surface area contributed by atoms with Crippen LogP contribution in [0.15, 0.2) is 42.5 Å². The molecule has 0 saturated carbocycles. The number of rotatable bonds is 2. The number of carbonyl (C=O) groups excluding carboxylic acids is 1. The molecule has 0 fully saturated rings.